The monoisotopic (exact) mass is 571 g/mol. The lowest BCUT2D eigenvalue weighted by Crippen LogP contribution is -2.35. The Morgan fingerprint density at radius 3 is 2.33 bits per heavy atom. The molecule has 5 rings (SSSR count). The standard InChI is InChI=1S/C30H25N3O5S2/c1-3-38-29(37)20-12-14-21(15-13-20)31-24(34)17-32-23-7-5-4-6-22(23)25(27(32)35)26-28(36)33(30(39)40-26)16-19-10-8-18(2)9-11-19/h4-15H,3,16-17H2,1-2H3,(H,31,34)/b26-25+. The first-order valence-corrected chi connectivity index (χ1v) is 13.8. The van der Waals surface area contributed by atoms with E-state index in [1.165, 1.54) is 9.80 Å². The molecule has 40 heavy (non-hydrogen) atoms. The number of hydrogen-bond donors (Lipinski definition) is 1. The minimum absolute atomic E-state index is 0.242. The molecule has 3 amide bonds. The van der Waals surface area contributed by atoms with Gasteiger partial charge >= 0.3 is 5.97 Å². The second-order valence-corrected chi connectivity index (χ2v) is 10.8. The number of hydrogen-bond acceptors (Lipinski definition) is 7. The van der Waals surface area contributed by atoms with Crippen molar-refractivity contribution in [3.63, 3.8) is 0 Å². The maximum Gasteiger partial charge on any atom is 0.338 e. The van der Waals surface area contributed by atoms with E-state index in [2.05, 4.69) is 5.32 Å². The Hall–Kier alpha value is -4.28. The third-order valence-electron chi connectivity index (χ3n) is 6.44. The molecule has 0 aliphatic carbocycles. The molecule has 1 N–H and O–H groups in total. The van der Waals surface area contributed by atoms with Crippen molar-refractivity contribution in [3.8, 4) is 0 Å². The molecule has 0 spiro atoms. The summed E-state index contributed by atoms with van der Waals surface area (Å²) in [6, 6.07) is 21.2. The van der Waals surface area contributed by atoms with Gasteiger partial charge in [-0.15, -0.1) is 0 Å². The fraction of sp³-hybridized carbons (Fsp3) is 0.167. The number of thiocarbonyl (C=S) groups is 1. The Labute approximate surface area is 241 Å². The van der Waals surface area contributed by atoms with Crippen molar-refractivity contribution in [2.24, 2.45) is 0 Å². The Balaban J connectivity index is 1.36. The third-order valence-corrected chi connectivity index (χ3v) is 7.89. The molecule has 0 radical (unpaired) electrons. The molecule has 2 aliphatic heterocycles. The summed E-state index contributed by atoms with van der Waals surface area (Å²) in [5, 5.41) is 2.75. The van der Waals surface area contributed by atoms with E-state index in [0.29, 0.717) is 33.4 Å². The van der Waals surface area contributed by atoms with Crippen molar-refractivity contribution in [2.45, 2.75) is 20.4 Å². The fourth-order valence-electron chi connectivity index (χ4n) is 4.47. The molecule has 3 aromatic rings. The highest BCUT2D eigenvalue weighted by Gasteiger charge is 2.42. The Kier molecular flexibility index (Phi) is 7.81. The van der Waals surface area contributed by atoms with Gasteiger partial charge in [0, 0.05) is 11.3 Å². The number of anilines is 2. The van der Waals surface area contributed by atoms with Gasteiger partial charge in [0.25, 0.3) is 11.8 Å². The van der Waals surface area contributed by atoms with E-state index < -0.39 is 17.8 Å². The first-order chi connectivity index (χ1) is 19.3. The number of carbonyl (C=O) groups excluding carboxylic acids is 4. The van der Waals surface area contributed by atoms with Gasteiger partial charge in [-0.25, -0.2) is 4.79 Å². The van der Waals surface area contributed by atoms with Crippen LogP contribution >= 0.6 is 24.0 Å². The van der Waals surface area contributed by atoms with Crippen LogP contribution in [0.3, 0.4) is 0 Å². The van der Waals surface area contributed by atoms with Gasteiger partial charge in [-0.3, -0.25) is 24.2 Å². The Morgan fingerprint density at radius 1 is 0.925 bits per heavy atom. The van der Waals surface area contributed by atoms with E-state index in [0.717, 1.165) is 22.9 Å². The number of fused-ring (bicyclic) bond motifs is 1. The summed E-state index contributed by atoms with van der Waals surface area (Å²) in [5.41, 5.74) is 4.24. The molecule has 10 heteroatoms. The van der Waals surface area contributed by atoms with Crippen LogP contribution in [0.1, 0.15) is 34.0 Å². The molecule has 0 saturated carbocycles. The maximum absolute atomic E-state index is 13.7. The molecule has 3 aromatic carbocycles. The van der Waals surface area contributed by atoms with Crippen molar-refractivity contribution in [2.75, 3.05) is 23.4 Å². The number of nitrogens with zero attached hydrogens (tertiary/aromatic N) is 2. The number of nitrogens with one attached hydrogen (secondary N) is 1. The van der Waals surface area contributed by atoms with E-state index in [4.69, 9.17) is 17.0 Å². The number of thioether (sulfide) groups is 1. The zero-order valence-corrected chi connectivity index (χ0v) is 23.4. The first kappa shape index (κ1) is 27.3. The molecule has 0 atom stereocenters. The molecule has 2 aliphatic rings. The van der Waals surface area contributed by atoms with Crippen LogP contribution in [0.15, 0.2) is 77.7 Å². The number of benzene rings is 3. The zero-order chi connectivity index (χ0) is 28.4. The SMILES string of the molecule is CCOC(=O)c1ccc(NC(=O)CN2C(=O)/C(=C3/SC(=S)N(Cc4ccc(C)cc4)C3=O)c3ccccc32)cc1. The minimum Gasteiger partial charge on any atom is -0.462 e. The van der Waals surface area contributed by atoms with Gasteiger partial charge in [-0.1, -0.05) is 72.0 Å². The lowest BCUT2D eigenvalue weighted by Gasteiger charge is -2.17. The highest BCUT2D eigenvalue weighted by molar-refractivity contribution is 8.26. The van der Waals surface area contributed by atoms with Crippen molar-refractivity contribution in [1.82, 2.24) is 4.90 Å². The van der Waals surface area contributed by atoms with Crippen LogP contribution in [0.4, 0.5) is 11.4 Å². The number of carbonyl (C=O) groups is 4. The Morgan fingerprint density at radius 2 is 1.62 bits per heavy atom. The number of amides is 3. The first-order valence-electron chi connectivity index (χ1n) is 12.6. The van der Waals surface area contributed by atoms with Gasteiger partial charge in [-0.2, -0.15) is 0 Å². The van der Waals surface area contributed by atoms with Crippen molar-refractivity contribution in [3.05, 3.63) is 100.0 Å². The average Bonchev–Trinajstić information content (AvgIpc) is 3.37. The van der Waals surface area contributed by atoms with E-state index in [-0.39, 0.29) is 29.5 Å². The number of aryl methyl sites for hydroxylation is 1. The third kappa shape index (κ3) is 5.41. The predicted octanol–water partition coefficient (Wildman–Crippen LogP) is 4.93. The van der Waals surface area contributed by atoms with Crippen LogP contribution in [0.25, 0.3) is 5.57 Å². The number of esters is 1. The number of rotatable bonds is 7. The minimum atomic E-state index is -0.448. The topological polar surface area (TPSA) is 96.0 Å². The molecule has 0 unspecified atom stereocenters. The predicted molar refractivity (Wildman–Crippen MR) is 159 cm³/mol. The summed E-state index contributed by atoms with van der Waals surface area (Å²) >= 11 is 6.62. The van der Waals surface area contributed by atoms with E-state index in [1.54, 1.807) is 55.5 Å². The summed E-state index contributed by atoms with van der Waals surface area (Å²) in [4.78, 5) is 55.1. The second kappa shape index (κ2) is 11.4. The van der Waals surface area contributed by atoms with Gasteiger partial charge in [0.1, 0.15) is 10.9 Å². The smallest absolute Gasteiger partial charge is 0.338 e. The van der Waals surface area contributed by atoms with Crippen LogP contribution in [0.5, 0.6) is 0 Å². The van der Waals surface area contributed by atoms with Gasteiger partial charge in [0.05, 0.1) is 34.9 Å². The zero-order valence-electron chi connectivity index (χ0n) is 21.8. The van der Waals surface area contributed by atoms with Crippen LogP contribution < -0.4 is 10.2 Å². The van der Waals surface area contributed by atoms with Gasteiger partial charge < -0.3 is 10.1 Å². The van der Waals surface area contributed by atoms with E-state index >= 15 is 0 Å². The van der Waals surface area contributed by atoms with E-state index in [1.807, 2.05) is 31.2 Å². The highest BCUT2D eigenvalue weighted by Crippen LogP contribution is 2.44. The molecule has 1 saturated heterocycles. The summed E-state index contributed by atoms with van der Waals surface area (Å²) in [5.74, 6) is -1.65. The van der Waals surface area contributed by atoms with Crippen molar-refractivity contribution in [1.29, 1.82) is 0 Å². The quantitative estimate of drug-likeness (QED) is 0.244. The molecular formula is C30H25N3O5S2. The molecule has 2 heterocycles. The largest absolute Gasteiger partial charge is 0.462 e. The molecule has 1 fully saturated rings. The average molecular weight is 572 g/mol. The Bertz CT molecular complexity index is 1560. The summed E-state index contributed by atoms with van der Waals surface area (Å²) in [6.45, 7) is 4.02. The lowest BCUT2D eigenvalue weighted by atomic mass is 10.1. The highest BCUT2D eigenvalue weighted by atomic mass is 32.2. The van der Waals surface area contributed by atoms with Crippen LogP contribution in [-0.4, -0.2) is 46.1 Å². The van der Waals surface area contributed by atoms with Gasteiger partial charge in [-0.05, 0) is 49.7 Å². The van der Waals surface area contributed by atoms with Crippen LogP contribution in [-0.2, 0) is 25.7 Å². The van der Waals surface area contributed by atoms with Crippen LogP contribution in [0, 0.1) is 6.92 Å². The molecule has 202 valence electrons. The van der Waals surface area contributed by atoms with E-state index in [9.17, 15) is 19.2 Å². The molecule has 8 nitrogen and oxygen atoms in total. The lowest BCUT2D eigenvalue weighted by molar-refractivity contribution is -0.122. The second-order valence-electron chi connectivity index (χ2n) is 9.20. The summed E-state index contributed by atoms with van der Waals surface area (Å²) in [6.07, 6.45) is 0. The van der Waals surface area contributed by atoms with Gasteiger partial charge in [0.2, 0.25) is 5.91 Å². The molecule has 0 aromatic heterocycles. The van der Waals surface area contributed by atoms with Crippen LogP contribution in [0.2, 0.25) is 0 Å². The summed E-state index contributed by atoms with van der Waals surface area (Å²) < 4.78 is 5.35. The maximum atomic E-state index is 13.7. The normalized spacial score (nSPS) is 16.4. The number of para-hydroxylation sites is 1. The molecule has 0 bridgehead atoms. The number of ether oxygens (including phenoxy) is 1. The van der Waals surface area contributed by atoms with Crippen molar-refractivity contribution < 1.29 is 23.9 Å². The fourth-order valence-corrected chi connectivity index (χ4v) is 5.79. The van der Waals surface area contributed by atoms with Crippen molar-refractivity contribution >= 4 is 68.9 Å². The summed E-state index contributed by atoms with van der Waals surface area (Å²) in [7, 11) is 0. The molecular weight excluding hydrogens is 546 g/mol. The van der Waals surface area contributed by atoms with Gasteiger partial charge in [0.15, 0.2) is 0 Å².